The third kappa shape index (κ3) is 3.78. The first kappa shape index (κ1) is 18.3. The number of anilines is 1. The van der Waals surface area contributed by atoms with E-state index >= 15 is 0 Å². The number of nitrogens with zero attached hydrogens (tertiary/aromatic N) is 1. The van der Waals surface area contributed by atoms with Crippen LogP contribution in [0.2, 0.25) is 0 Å². The maximum absolute atomic E-state index is 14.4. The molecule has 1 aliphatic heterocycles. The first-order valence-corrected chi connectivity index (χ1v) is 8.83. The van der Waals surface area contributed by atoms with Crippen molar-refractivity contribution in [2.24, 2.45) is 0 Å². The minimum Gasteiger partial charge on any atom is -0.392 e. The predicted octanol–water partition coefficient (Wildman–Crippen LogP) is 2.67. The molecule has 0 saturated carbocycles. The fourth-order valence-corrected chi connectivity index (χ4v) is 3.17. The van der Waals surface area contributed by atoms with Crippen molar-refractivity contribution in [3.05, 3.63) is 59.3 Å². The molecule has 0 radical (unpaired) electrons. The van der Waals surface area contributed by atoms with E-state index < -0.39 is 23.9 Å². The molecule has 0 aliphatic carbocycles. The molecular formula is C20H18F2N4O2. The van der Waals surface area contributed by atoms with E-state index in [1.165, 1.54) is 24.3 Å². The van der Waals surface area contributed by atoms with Crippen LogP contribution in [0.25, 0.3) is 23.1 Å². The number of amides is 1. The number of rotatable bonds is 4. The number of halogens is 2. The summed E-state index contributed by atoms with van der Waals surface area (Å²) in [6, 6.07) is 8.21. The van der Waals surface area contributed by atoms with Crippen LogP contribution in [0.15, 0.2) is 36.4 Å². The van der Waals surface area contributed by atoms with Crippen molar-refractivity contribution in [3.8, 4) is 0 Å². The van der Waals surface area contributed by atoms with E-state index in [1.807, 2.05) is 0 Å². The zero-order chi connectivity index (χ0) is 19.7. The van der Waals surface area contributed by atoms with Gasteiger partial charge in [-0.15, -0.1) is 0 Å². The number of fused-ring (bicyclic) bond motifs is 1. The van der Waals surface area contributed by atoms with Gasteiger partial charge < -0.3 is 15.7 Å². The molecule has 1 aliphatic rings. The Hall–Kier alpha value is -3.10. The summed E-state index contributed by atoms with van der Waals surface area (Å²) in [5.74, 6) is -1.30. The first-order valence-electron chi connectivity index (χ1n) is 8.83. The Balaban J connectivity index is 1.59. The molecule has 4 N–H and O–H groups in total. The van der Waals surface area contributed by atoms with Crippen LogP contribution in [0.3, 0.4) is 0 Å². The van der Waals surface area contributed by atoms with Gasteiger partial charge in [0, 0.05) is 18.0 Å². The third-order valence-corrected chi connectivity index (χ3v) is 4.67. The number of benzene rings is 2. The second kappa shape index (κ2) is 7.49. The fraction of sp³-hybridized carbons (Fsp3) is 0.200. The summed E-state index contributed by atoms with van der Waals surface area (Å²) < 4.78 is 27.4. The average molecular weight is 384 g/mol. The van der Waals surface area contributed by atoms with Gasteiger partial charge in [0.15, 0.2) is 0 Å². The minimum absolute atomic E-state index is 0.0403. The Morgan fingerprint density at radius 1 is 1.21 bits per heavy atom. The van der Waals surface area contributed by atoms with Crippen molar-refractivity contribution in [1.29, 1.82) is 0 Å². The van der Waals surface area contributed by atoms with E-state index in [-0.39, 0.29) is 17.9 Å². The Bertz CT molecular complexity index is 1050. The molecule has 1 fully saturated rings. The summed E-state index contributed by atoms with van der Waals surface area (Å²) in [5, 5.41) is 22.5. The summed E-state index contributed by atoms with van der Waals surface area (Å²) in [7, 11) is 0. The van der Waals surface area contributed by atoms with Crippen LogP contribution >= 0.6 is 0 Å². The van der Waals surface area contributed by atoms with E-state index in [0.717, 1.165) is 5.56 Å². The normalized spacial score (nSPS) is 19.5. The lowest BCUT2D eigenvalue weighted by Gasteiger charge is -2.12. The zero-order valence-electron chi connectivity index (χ0n) is 14.7. The number of hydrogen-bond acceptors (Lipinski definition) is 4. The highest BCUT2D eigenvalue weighted by Gasteiger charge is 2.28. The van der Waals surface area contributed by atoms with Crippen molar-refractivity contribution >= 4 is 34.6 Å². The van der Waals surface area contributed by atoms with Crippen molar-refractivity contribution in [2.75, 3.05) is 11.9 Å². The lowest BCUT2D eigenvalue weighted by atomic mass is 10.1. The van der Waals surface area contributed by atoms with Crippen molar-refractivity contribution < 1.29 is 18.7 Å². The van der Waals surface area contributed by atoms with Gasteiger partial charge in [-0.3, -0.25) is 9.89 Å². The number of aliphatic hydroxyl groups is 1. The second-order valence-corrected chi connectivity index (χ2v) is 6.71. The molecule has 0 unspecified atom stereocenters. The van der Waals surface area contributed by atoms with E-state index in [2.05, 4.69) is 20.8 Å². The molecule has 2 atom stereocenters. The molecule has 2 aromatic carbocycles. The summed E-state index contributed by atoms with van der Waals surface area (Å²) in [4.78, 5) is 12.3. The van der Waals surface area contributed by atoms with E-state index in [1.54, 1.807) is 24.3 Å². The molecule has 1 aromatic heterocycles. The molecule has 3 aromatic rings. The molecule has 1 saturated heterocycles. The molecule has 28 heavy (non-hydrogen) atoms. The number of aliphatic hydroxyl groups excluding tert-OH is 1. The molecule has 8 heteroatoms. The number of nitrogens with one attached hydrogen (secondary N) is 3. The molecular weight excluding hydrogens is 366 g/mol. The van der Waals surface area contributed by atoms with Crippen LogP contribution in [0.4, 0.5) is 14.5 Å². The number of aromatic amines is 1. The SMILES string of the molecule is O=C(Nc1cc2c(C=Cc3ccc(F)cc3)n[nH]c2cc1F)[C@@H]1C[C@H](O)CN1. The van der Waals surface area contributed by atoms with E-state index in [9.17, 15) is 18.7 Å². The Kier molecular flexibility index (Phi) is 4.89. The van der Waals surface area contributed by atoms with E-state index in [0.29, 0.717) is 23.1 Å². The number of carbonyl (C=O) groups is 1. The van der Waals surface area contributed by atoms with Crippen molar-refractivity contribution in [2.45, 2.75) is 18.6 Å². The van der Waals surface area contributed by atoms with Gasteiger partial charge in [-0.05, 0) is 36.3 Å². The summed E-state index contributed by atoms with van der Waals surface area (Å²) >= 11 is 0. The molecule has 0 spiro atoms. The van der Waals surface area contributed by atoms with Gasteiger partial charge in [-0.1, -0.05) is 18.2 Å². The van der Waals surface area contributed by atoms with Crippen molar-refractivity contribution in [3.63, 3.8) is 0 Å². The molecule has 6 nitrogen and oxygen atoms in total. The number of aromatic nitrogens is 2. The zero-order valence-corrected chi connectivity index (χ0v) is 14.7. The molecule has 4 rings (SSSR count). The van der Waals surface area contributed by atoms with Crippen LogP contribution in [-0.4, -0.2) is 39.9 Å². The van der Waals surface area contributed by atoms with Gasteiger partial charge in [0.1, 0.15) is 11.6 Å². The Labute approximate surface area is 159 Å². The number of H-pyrrole nitrogens is 1. The van der Waals surface area contributed by atoms with Gasteiger partial charge in [0.05, 0.1) is 29.0 Å². The number of hydrogen-bond donors (Lipinski definition) is 4. The molecule has 1 amide bonds. The highest BCUT2D eigenvalue weighted by molar-refractivity contribution is 5.98. The topological polar surface area (TPSA) is 90.0 Å². The first-order chi connectivity index (χ1) is 13.5. The molecule has 0 bridgehead atoms. The molecule has 2 heterocycles. The lowest BCUT2D eigenvalue weighted by Crippen LogP contribution is -2.35. The Morgan fingerprint density at radius 3 is 2.71 bits per heavy atom. The smallest absolute Gasteiger partial charge is 0.241 e. The average Bonchev–Trinajstić information content (AvgIpc) is 3.28. The number of carbonyl (C=O) groups excluding carboxylic acids is 1. The number of β-amino-alcohol motifs (C(OH)–C–C–N with tert-alkyl or cyclic N) is 1. The molecule has 144 valence electrons. The largest absolute Gasteiger partial charge is 0.392 e. The van der Waals surface area contributed by atoms with Crippen LogP contribution in [0.5, 0.6) is 0 Å². The maximum Gasteiger partial charge on any atom is 0.241 e. The highest BCUT2D eigenvalue weighted by atomic mass is 19.1. The Morgan fingerprint density at radius 2 is 2.00 bits per heavy atom. The summed E-state index contributed by atoms with van der Waals surface area (Å²) in [6.07, 6.45) is 3.19. The van der Waals surface area contributed by atoms with Crippen LogP contribution < -0.4 is 10.6 Å². The van der Waals surface area contributed by atoms with Gasteiger partial charge in [0.2, 0.25) is 5.91 Å². The van der Waals surface area contributed by atoms with Crippen LogP contribution in [0, 0.1) is 11.6 Å². The van der Waals surface area contributed by atoms with Crippen molar-refractivity contribution in [1.82, 2.24) is 15.5 Å². The third-order valence-electron chi connectivity index (χ3n) is 4.67. The van der Waals surface area contributed by atoms with Crippen LogP contribution in [0.1, 0.15) is 17.7 Å². The lowest BCUT2D eigenvalue weighted by molar-refractivity contribution is -0.118. The van der Waals surface area contributed by atoms with Gasteiger partial charge >= 0.3 is 0 Å². The maximum atomic E-state index is 14.4. The second-order valence-electron chi connectivity index (χ2n) is 6.71. The highest BCUT2D eigenvalue weighted by Crippen LogP contribution is 2.26. The standard InChI is InChI=1S/C20H18F2N4O2/c21-12-4-1-11(2-5-12)3-6-16-14-8-18(15(22)9-17(14)26-25-16)24-20(28)19-7-13(27)10-23-19/h1-6,8-9,13,19,23,27H,7,10H2,(H,24,28)(H,25,26)/t13-,19-/m0/s1. The van der Waals surface area contributed by atoms with Gasteiger partial charge in [-0.2, -0.15) is 5.10 Å². The van der Waals surface area contributed by atoms with Gasteiger partial charge in [0.25, 0.3) is 0 Å². The quantitative estimate of drug-likeness (QED) is 0.557. The van der Waals surface area contributed by atoms with Gasteiger partial charge in [-0.25, -0.2) is 8.78 Å². The monoisotopic (exact) mass is 384 g/mol. The summed E-state index contributed by atoms with van der Waals surface area (Å²) in [5.41, 5.74) is 1.88. The van der Waals surface area contributed by atoms with E-state index in [4.69, 9.17) is 0 Å². The minimum atomic E-state index is -0.586. The predicted molar refractivity (Wildman–Crippen MR) is 102 cm³/mol. The van der Waals surface area contributed by atoms with Crippen LogP contribution in [-0.2, 0) is 4.79 Å². The fourth-order valence-electron chi connectivity index (χ4n) is 3.17. The summed E-state index contributed by atoms with van der Waals surface area (Å²) in [6.45, 7) is 0.333.